The van der Waals surface area contributed by atoms with Crippen LogP contribution >= 0.6 is 0 Å². The van der Waals surface area contributed by atoms with Gasteiger partial charge in [0, 0.05) is 32.4 Å². The third-order valence-corrected chi connectivity index (χ3v) is 2.20. The van der Waals surface area contributed by atoms with Gasteiger partial charge in [-0.3, -0.25) is 0 Å². The fraction of sp³-hybridized carbons (Fsp3) is 0.667. The molecule has 0 atom stereocenters. The zero-order chi connectivity index (χ0) is 13.1. The lowest BCUT2D eigenvalue weighted by Crippen LogP contribution is -2.38. The van der Waals surface area contributed by atoms with Crippen molar-refractivity contribution in [3.05, 3.63) is 18.0 Å². The van der Waals surface area contributed by atoms with Crippen LogP contribution in [-0.2, 0) is 11.3 Å². The second kappa shape index (κ2) is 9.47. The molecule has 1 aromatic rings. The zero-order valence-electron chi connectivity index (χ0n) is 11.1. The molecule has 0 aliphatic heterocycles. The van der Waals surface area contributed by atoms with E-state index in [0.717, 1.165) is 44.4 Å². The predicted molar refractivity (Wildman–Crippen MR) is 70.4 cm³/mol. The van der Waals surface area contributed by atoms with Crippen LogP contribution in [0.1, 0.15) is 26.0 Å². The average Bonchev–Trinajstić information content (AvgIpc) is 2.88. The lowest BCUT2D eigenvalue weighted by Gasteiger charge is -2.10. The van der Waals surface area contributed by atoms with Crippen LogP contribution in [0.5, 0.6) is 0 Å². The van der Waals surface area contributed by atoms with Crippen molar-refractivity contribution in [2.45, 2.75) is 26.8 Å². The minimum atomic E-state index is 0.511. The van der Waals surface area contributed by atoms with Crippen molar-refractivity contribution in [2.75, 3.05) is 26.3 Å². The van der Waals surface area contributed by atoms with Crippen LogP contribution < -0.4 is 10.6 Å². The molecule has 0 unspecified atom stereocenters. The summed E-state index contributed by atoms with van der Waals surface area (Å²) in [6, 6.07) is 1.81. The van der Waals surface area contributed by atoms with E-state index in [9.17, 15) is 0 Å². The molecule has 0 aliphatic rings. The summed E-state index contributed by atoms with van der Waals surface area (Å²) < 4.78 is 10.0. The van der Waals surface area contributed by atoms with Crippen LogP contribution in [-0.4, -0.2) is 37.4 Å². The maximum Gasteiger partial charge on any atom is 0.191 e. The van der Waals surface area contributed by atoms with E-state index in [1.807, 2.05) is 19.9 Å². The molecule has 1 aromatic heterocycles. The van der Waals surface area contributed by atoms with Gasteiger partial charge < -0.3 is 19.9 Å². The summed E-state index contributed by atoms with van der Waals surface area (Å²) in [5.74, 6) is 0.789. The number of nitrogens with one attached hydrogen (secondary N) is 2. The SMILES string of the molecule is CCNC(=NCc1ccon1)NCCCOCC. The van der Waals surface area contributed by atoms with E-state index in [2.05, 4.69) is 20.8 Å². The molecule has 18 heavy (non-hydrogen) atoms. The first-order chi connectivity index (χ1) is 8.86. The third kappa shape index (κ3) is 6.24. The van der Waals surface area contributed by atoms with Crippen LogP contribution in [0, 0.1) is 0 Å². The van der Waals surface area contributed by atoms with E-state index < -0.39 is 0 Å². The van der Waals surface area contributed by atoms with Crippen molar-refractivity contribution < 1.29 is 9.26 Å². The van der Waals surface area contributed by atoms with Crippen molar-refractivity contribution in [1.29, 1.82) is 0 Å². The first kappa shape index (κ1) is 14.5. The Morgan fingerprint density at radius 2 is 2.33 bits per heavy atom. The highest BCUT2D eigenvalue weighted by Crippen LogP contribution is 1.96. The summed E-state index contributed by atoms with van der Waals surface area (Å²) in [6.45, 7) is 7.74. The summed E-state index contributed by atoms with van der Waals surface area (Å²) in [7, 11) is 0. The summed E-state index contributed by atoms with van der Waals surface area (Å²) in [5, 5.41) is 10.2. The first-order valence-electron chi connectivity index (χ1n) is 6.36. The van der Waals surface area contributed by atoms with Gasteiger partial charge >= 0.3 is 0 Å². The number of ether oxygens (including phenoxy) is 1. The van der Waals surface area contributed by atoms with Gasteiger partial charge in [0.05, 0.1) is 6.54 Å². The number of aromatic nitrogens is 1. The van der Waals surface area contributed by atoms with Crippen molar-refractivity contribution in [3.63, 3.8) is 0 Å². The maximum absolute atomic E-state index is 5.27. The Labute approximate surface area is 108 Å². The highest BCUT2D eigenvalue weighted by atomic mass is 16.5. The van der Waals surface area contributed by atoms with Gasteiger partial charge in [-0.25, -0.2) is 4.99 Å². The van der Waals surface area contributed by atoms with Crippen LogP contribution in [0.2, 0.25) is 0 Å². The quantitative estimate of drug-likeness (QED) is 0.414. The van der Waals surface area contributed by atoms with Gasteiger partial charge in [0.1, 0.15) is 12.0 Å². The second-order valence-electron chi connectivity index (χ2n) is 3.66. The minimum Gasteiger partial charge on any atom is -0.382 e. The normalized spacial score (nSPS) is 11.6. The molecular formula is C12H22N4O2. The molecule has 1 heterocycles. The van der Waals surface area contributed by atoms with Gasteiger partial charge in [-0.1, -0.05) is 5.16 Å². The van der Waals surface area contributed by atoms with E-state index in [0.29, 0.717) is 6.54 Å². The fourth-order valence-corrected chi connectivity index (χ4v) is 1.35. The van der Waals surface area contributed by atoms with Crippen molar-refractivity contribution in [1.82, 2.24) is 15.8 Å². The molecular weight excluding hydrogens is 232 g/mol. The molecule has 0 spiro atoms. The monoisotopic (exact) mass is 254 g/mol. The number of hydrogen-bond donors (Lipinski definition) is 2. The highest BCUT2D eigenvalue weighted by molar-refractivity contribution is 5.79. The molecule has 0 aliphatic carbocycles. The zero-order valence-corrected chi connectivity index (χ0v) is 11.1. The van der Waals surface area contributed by atoms with Crippen LogP contribution in [0.15, 0.2) is 21.8 Å². The van der Waals surface area contributed by atoms with Gasteiger partial charge in [0.15, 0.2) is 5.96 Å². The van der Waals surface area contributed by atoms with Gasteiger partial charge in [-0.15, -0.1) is 0 Å². The van der Waals surface area contributed by atoms with E-state index in [1.54, 1.807) is 6.26 Å². The number of hydrogen-bond acceptors (Lipinski definition) is 4. The molecule has 0 saturated heterocycles. The molecule has 0 aromatic carbocycles. The Morgan fingerprint density at radius 1 is 1.44 bits per heavy atom. The maximum atomic E-state index is 5.27. The lowest BCUT2D eigenvalue weighted by molar-refractivity contribution is 0.145. The first-order valence-corrected chi connectivity index (χ1v) is 6.36. The van der Waals surface area contributed by atoms with Crippen LogP contribution in [0.4, 0.5) is 0 Å². The Bertz CT molecular complexity index is 325. The Morgan fingerprint density at radius 3 is 3.00 bits per heavy atom. The molecule has 0 radical (unpaired) electrons. The van der Waals surface area contributed by atoms with Crippen LogP contribution in [0.3, 0.4) is 0 Å². The largest absolute Gasteiger partial charge is 0.382 e. The van der Waals surface area contributed by atoms with Crippen LogP contribution in [0.25, 0.3) is 0 Å². The summed E-state index contributed by atoms with van der Waals surface area (Å²) >= 11 is 0. The second-order valence-corrected chi connectivity index (χ2v) is 3.66. The van der Waals surface area contributed by atoms with Gasteiger partial charge in [0.2, 0.25) is 0 Å². The van der Waals surface area contributed by atoms with Crippen molar-refractivity contribution >= 4 is 5.96 Å². The topological polar surface area (TPSA) is 71.7 Å². The minimum absolute atomic E-state index is 0.511. The molecule has 102 valence electrons. The van der Waals surface area contributed by atoms with Crippen molar-refractivity contribution in [2.24, 2.45) is 4.99 Å². The smallest absolute Gasteiger partial charge is 0.191 e. The number of rotatable bonds is 8. The Balaban J connectivity index is 2.27. The molecule has 1 rings (SSSR count). The molecule has 0 bridgehead atoms. The third-order valence-electron chi connectivity index (χ3n) is 2.20. The van der Waals surface area contributed by atoms with Gasteiger partial charge in [0.25, 0.3) is 0 Å². The Kier molecular flexibility index (Phi) is 7.63. The van der Waals surface area contributed by atoms with E-state index in [1.165, 1.54) is 0 Å². The van der Waals surface area contributed by atoms with E-state index in [-0.39, 0.29) is 0 Å². The molecule has 6 nitrogen and oxygen atoms in total. The molecule has 0 fully saturated rings. The molecule has 2 N–H and O–H groups in total. The number of nitrogens with zero attached hydrogens (tertiary/aromatic N) is 2. The standard InChI is InChI=1S/C12H22N4O2/c1-3-13-12(14-7-5-8-17-4-2)15-10-11-6-9-18-16-11/h6,9H,3-5,7-8,10H2,1-2H3,(H2,13,14,15). The molecule has 6 heteroatoms. The lowest BCUT2D eigenvalue weighted by atomic mass is 10.4. The number of guanidine groups is 1. The van der Waals surface area contributed by atoms with Crippen molar-refractivity contribution in [3.8, 4) is 0 Å². The average molecular weight is 254 g/mol. The van der Waals surface area contributed by atoms with Gasteiger partial charge in [-0.05, 0) is 20.3 Å². The number of aliphatic imine (C=N–C) groups is 1. The predicted octanol–water partition coefficient (Wildman–Crippen LogP) is 1.16. The summed E-state index contributed by atoms with van der Waals surface area (Å²) in [4.78, 5) is 4.40. The van der Waals surface area contributed by atoms with E-state index in [4.69, 9.17) is 9.26 Å². The molecule has 0 saturated carbocycles. The summed E-state index contributed by atoms with van der Waals surface area (Å²) in [5.41, 5.74) is 0.821. The summed E-state index contributed by atoms with van der Waals surface area (Å²) in [6.07, 6.45) is 2.51. The molecule has 0 amide bonds. The fourth-order valence-electron chi connectivity index (χ4n) is 1.35. The van der Waals surface area contributed by atoms with E-state index >= 15 is 0 Å². The highest BCUT2D eigenvalue weighted by Gasteiger charge is 1.98. The van der Waals surface area contributed by atoms with Gasteiger partial charge in [-0.2, -0.15) is 0 Å². The Hall–Kier alpha value is -1.56.